The van der Waals surface area contributed by atoms with Crippen LogP contribution in [0.25, 0.3) is 0 Å². The van der Waals surface area contributed by atoms with E-state index in [4.69, 9.17) is 9.47 Å². The van der Waals surface area contributed by atoms with Crippen molar-refractivity contribution >= 4 is 11.9 Å². The zero-order valence-corrected chi connectivity index (χ0v) is 14.0. The average molecular weight is 309 g/mol. The van der Waals surface area contributed by atoms with Crippen molar-refractivity contribution in [2.24, 2.45) is 22.7 Å². The van der Waals surface area contributed by atoms with E-state index in [0.29, 0.717) is 24.9 Å². The third kappa shape index (κ3) is 2.34. The Morgan fingerprint density at radius 3 is 2.68 bits per heavy atom. The molecule has 5 heteroatoms. The van der Waals surface area contributed by atoms with Crippen LogP contribution >= 0.6 is 0 Å². The van der Waals surface area contributed by atoms with E-state index in [-0.39, 0.29) is 29.5 Å². The first-order valence-electron chi connectivity index (χ1n) is 8.32. The number of cyclic esters (lactones) is 1. The van der Waals surface area contributed by atoms with Crippen molar-refractivity contribution in [3.8, 4) is 0 Å². The van der Waals surface area contributed by atoms with Gasteiger partial charge in [-0.05, 0) is 58.9 Å². The highest BCUT2D eigenvalue weighted by Gasteiger charge is 2.59. The maximum Gasteiger partial charge on any atom is 0.313 e. The van der Waals surface area contributed by atoms with Gasteiger partial charge in [0.25, 0.3) is 0 Å². The van der Waals surface area contributed by atoms with Crippen molar-refractivity contribution in [3.63, 3.8) is 0 Å². The van der Waals surface area contributed by atoms with E-state index in [1.165, 1.54) is 0 Å². The first-order valence-corrected chi connectivity index (χ1v) is 8.32. The molecule has 2 saturated carbocycles. The molecule has 1 saturated heterocycles. The number of esters is 2. The number of carbonyl (C=O) groups is 2. The Balaban J connectivity index is 1.61. The fraction of sp³-hybridized carbons (Fsp3) is 0.882. The number of nitrogens with one attached hydrogen (secondary N) is 1. The Labute approximate surface area is 132 Å². The molecule has 1 heterocycles. The molecule has 2 bridgehead atoms. The number of ether oxygens (including phenoxy) is 2. The van der Waals surface area contributed by atoms with Crippen LogP contribution < -0.4 is 5.32 Å². The molecule has 5 atom stereocenters. The molecule has 124 valence electrons. The summed E-state index contributed by atoms with van der Waals surface area (Å²) in [7, 11) is 1.86. The van der Waals surface area contributed by atoms with Crippen LogP contribution in [0, 0.1) is 22.7 Å². The minimum atomic E-state index is -0.541. The van der Waals surface area contributed by atoms with Crippen LogP contribution in [-0.4, -0.2) is 37.7 Å². The van der Waals surface area contributed by atoms with Crippen LogP contribution in [0.15, 0.2) is 0 Å². The first-order chi connectivity index (χ1) is 10.3. The van der Waals surface area contributed by atoms with Crippen molar-refractivity contribution in [1.29, 1.82) is 0 Å². The summed E-state index contributed by atoms with van der Waals surface area (Å²) in [5.41, 5.74) is -0.501. The van der Waals surface area contributed by atoms with Gasteiger partial charge in [-0.2, -0.15) is 0 Å². The molecule has 0 aromatic carbocycles. The molecule has 3 aliphatic rings. The predicted octanol–water partition coefficient (Wildman–Crippen LogP) is 1.90. The fourth-order valence-corrected chi connectivity index (χ4v) is 4.47. The number of fused-ring (bicyclic) bond motifs is 3. The van der Waals surface area contributed by atoms with Crippen LogP contribution in [0.1, 0.15) is 46.5 Å². The van der Waals surface area contributed by atoms with E-state index in [9.17, 15) is 9.59 Å². The summed E-state index contributed by atoms with van der Waals surface area (Å²) in [4.78, 5) is 24.0. The molecule has 5 unspecified atom stereocenters. The smallest absolute Gasteiger partial charge is 0.313 e. The van der Waals surface area contributed by atoms with Gasteiger partial charge in [-0.25, -0.2) is 0 Å². The monoisotopic (exact) mass is 309 g/mol. The lowest BCUT2D eigenvalue weighted by Gasteiger charge is -2.36. The highest BCUT2D eigenvalue weighted by molar-refractivity contribution is 5.77. The first kappa shape index (κ1) is 15.8. The lowest BCUT2D eigenvalue weighted by molar-refractivity contribution is -0.164. The lowest BCUT2D eigenvalue weighted by atomic mass is 9.72. The van der Waals surface area contributed by atoms with Gasteiger partial charge in [0, 0.05) is 11.5 Å². The molecule has 22 heavy (non-hydrogen) atoms. The maximum atomic E-state index is 12.5. The quantitative estimate of drug-likeness (QED) is 0.804. The summed E-state index contributed by atoms with van der Waals surface area (Å²) in [5.74, 6) is 0.667. The Morgan fingerprint density at radius 1 is 1.45 bits per heavy atom. The van der Waals surface area contributed by atoms with Gasteiger partial charge in [-0.15, -0.1) is 0 Å². The van der Waals surface area contributed by atoms with Crippen molar-refractivity contribution < 1.29 is 19.1 Å². The van der Waals surface area contributed by atoms with Gasteiger partial charge in [0.05, 0.1) is 18.4 Å². The molecule has 0 aromatic heterocycles. The van der Waals surface area contributed by atoms with E-state index in [1.807, 2.05) is 27.8 Å². The molecule has 0 aromatic rings. The zero-order chi connectivity index (χ0) is 16.1. The number of rotatable bonds is 4. The topological polar surface area (TPSA) is 64.6 Å². The van der Waals surface area contributed by atoms with Crippen molar-refractivity contribution in [1.82, 2.24) is 5.32 Å². The van der Waals surface area contributed by atoms with Crippen LogP contribution in [0.4, 0.5) is 0 Å². The van der Waals surface area contributed by atoms with E-state index >= 15 is 0 Å². The number of hydrogen-bond acceptors (Lipinski definition) is 5. The molecular weight excluding hydrogens is 282 g/mol. The standard InChI is InChI=1S/C17H27NO4/c1-10(18-4)16(2,3)15(20)22-13-6-12-5-11(13)7-17(12)8-14(19)21-9-17/h10-13,18H,5-9H2,1-4H3. The summed E-state index contributed by atoms with van der Waals surface area (Å²) < 4.78 is 11.1. The summed E-state index contributed by atoms with van der Waals surface area (Å²) in [5, 5.41) is 3.13. The average Bonchev–Trinajstić information content (AvgIpc) is 3.13. The Morgan fingerprint density at radius 2 is 2.18 bits per heavy atom. The Bertz CT molecular complexity index is 489. The third-order valence-corrected chi connectivity index (χ3v) is 6.48. The van der Waals surface area contributed by atoms with Crippen LogP contribution in [0.2, 0.25) is 0 Å². The highest BCUT2D eigenvalue weighted by atomic mass is 16.5. The Hall–Kier alpha value is -1.10. The predicted molar refractivity (Wildman–Crippen MR) is 81.0 cm³/mol. The third-order valence-electron chi connectivity index (χ3n) is 6.48. The molecule has 2 aliphatic carbocycles. The normalized spacial score (nSPS) is 38.4. The summed E-state index contributed by atoms with van der Waals surface area (Å²) in [6.07, 6.45) is 3.48. The largest absolute Gasteiger partial charge is 0.465 e. The summed E-state index contributed by atoms with van der Waals surface area (Å²) in [6.45, 7) is 6.41. The summed E-state index contributed by atoms with van der Waals surface area (Å²) in [6, 6.07) is 0.0609. The van der Waals surface area contributed by atoms with E-state index < -0.39 is 5.41 Å². The molecule has 3 fully saturated rings. The molecule has 3 rings (SSSR count). The van der Waals surface area contributed by atoms with Crippen molar-refractivity contribution in [2.75, 3.05) is 13.7 Å². The summed E-state index contributed by atoms with van der Waals surface area (Å²) >= 11 is 0. The van der Waals surface area contributed by atoms with Crippen LogP contribution in [0.3, 0.4) is 0 Å². The molecule has 0 radical (unpaired) electrons. The van der Waals surface area contributed by atoms with Gasteiger partial charge in [-0.3, -0.25) is 9.59 Å². The fourth-order valence-electron chi connectivity index (χ4n) is 4.47. The molecule has 1 N–H and O–H groups in total. The van der Waals surface area contributed by atoms with E-state index in [1.54, 1.807) is 0 Å². The van der Waals surface area contributed by atoms with Gasteiger partial charge in [0.15, 0.2) is 0 Å². The molecule has 5 nitrogen and oxygen atoms in total. The Kier molecular flexibility index (Phi) is 3.75. The zero-order valence-electron chi connectivity index (χ0n) is 14.0. The second kappa shape index (κ2) is 5.22. The van der Waals surface area contributed by atoms with Gasteiger partial charge in [0.1, 0.15) is 6.10 Å². The molecule has 0 amide bonds. The number of hydrogen-bond donors (Lipinski definition) is 1. The SMILES string of the molecule is CNC(C)C(C)(C)C(=O)OC1CC2CC1CC21COC(=O)C1. The second-order valence-corrected chi connectivity index (χ2v) is 8.01. The lowest BCUT2D eigenvalue weighted by Crippen LogP contribution is -2.46. The van der Waals surface area contributed by atoms with Crippen LogP contribution in [-0.2, 0) is 19.1 Å². The highest BCUT2D eigenvalue weighted by Crippen LogP contribution is 2.60. The van der Waals surface area contributed by atoms with Crippen LogP contribution in [0.5, 0.6) is 0 Å². The van der Waals surface area contributed by atoms with Crippen molar-refractivity contribution in [2.45, 2.75) is 58.6 Å². The second-order valence-electron chi connectivity index (χ2n) is 8.01. The van der Waals surface area contributed by atoms with E-state index in [0.717, 1.165) is 19.3 Å². The van der Waals surface area contributed by atoms with Gasteiger partial charge in [0.2, 0.25) is 0 Å². The van der Waals surface area contributed by atoms with Crippen molar-refractivity contribution in [3.05, 3.63) is 0 Å². The van der Waals surface area contributed by atoms with Gasteiger partial charge in [-0.1, -0.05) is 0 Å². The number of carbonyl (C=O) groups excluding carboxylic acids is 2. The maximum absolute atomic E-state index is 12.5. The minimum absolute atomic E-state index is 0.0159. The van der Waals surface area contributed by atoms with E-state index in [2.05, 4.69) is 5.32 Å². The minimum Gasteiger partial charge on any atom is -0.465 e. The molecule has 1 aliphatic heterocycles. The van der Waals surface area contributed by atoms with Gasteiger partial charge >= 0.3 is 11.9 Å². The molecule has 1 spiro atoms. The van der Waals surface area contributed by atoms with Gasteiger partial charge < -0.3 is 14.8 Å². The molecular formula is C17H27NO4.